The number of amides is 1. The number of carboxylic acid groups (broad SMARTS) is 1. The zero-order valence-corrected chi connectivity index (χ0v) is 14.9. The van der Waals surface area contributed by atoms with Crippen molar-refractivity contribution in [1.29, 1.82) is 0 Å². The van der Waals surface area contributed by atoms with E-state index in [2.05, 4.69) is 5.32 Å². The van der Waals surface area contributed by atoms with Gasteiger partial charge < -0.3 is 10.4 Å². The van der Waals surface area contributed by atoms with E-state index >= 15 is 0 Å². The lowest BCUT2D eigenvalue weighted by Crippen LogP contribution is -2.45. The molecule has 1 aromatic rings. The number of benzene rings is 1. The van der Waals surface area contributed by atoms with Crippen LogP contribution in [0.3, 0.4) is 0 Å². The molecule has 0 bridgehead atoms. The predicted octanol–water partition coefficient (Wildman–Crippen LogP) is 2.27. The molecule has 0 aliphatic rings. The Hall–Kier alpha value is -2.22. The molecule has 8 heteroatoms. The van der Waals surface area contributed by atoms with Crippen LogP contribution in [0, 0.1) is 11.7 Å². The minimum absolute atomic E-state index is 0.0465. The molecule has 0 saturated heterocycles. The van der Waals surface area contributed by atoms with E-state index < -0.39 is 34.8 Å². The van der Waals surface area contributed by atoms with E-state index in [9.17, 15) is 23.6 Å². The molecule has 0 heterocycles. The fraction of sp³-hybridized carbons (Fsp3) is 0.412. The fourth-order valence-corrected chi connectivity index (χ4v) is 3.01. The van der Waals surface area contributed by atoms with E-state index in [0.717, 1.165) is 6.07 Å². The van der Waals surface area contributed by atoms with Gasteiger partial charge in [0, 0.05) is 18.9 Å². The highest BCUT2D eigenvalue weighted by molar-refractivity contribution is 8.14. The number of aliphatic carboxylic acids is 1. The molecule has 0 spiro atoms. The molecule has 25 heavy (non-hydrogen) atoms. The summed E-state index contributed by atoms with van der Waals surface area (Å²) in [5.41, 5.74) is 0.0465. The molecular formula is C17H20FNO5S. The van der Waals surface area contributed by atoms with Gasteiger partial charge in [-0.25, -0.2) is 9.18 Å². The van der Waals surface area contributed by atoms with E-state index in [4.69, 9.17) is 5.11 Å². The maximum Gasteiger partial charge on any atom is 0.326 e. The lowest BCUT2D eigenvalue weighted by molar-refractivity contribution is -0.143. The normalized spacial score (nSPS) is 13.2. The molecule has 0 fully saturated rings. The van der Waals surface area contributed by atoms with E-state index in [1.54, 1.807) is 13.8 Å². The Morgan fingerprint density at radius 3 is 2.36 bits per heavy atom. The Kier molecular flexibility index (Phi) is 7.76. The third-order valence-electron chi connectivity index (χ3n) is 3.33. The Bertz CT molecular complexity index is 677. The zero-order valence-electron chi connectivity index (χ0n) is 14.1. The van der Waals surface area contributed by atoms with Crippen LogP contribution in [0.15, 0.2) is 24.3 Å². The smallest absolute Gasteiger partial charge is 0.326 e. The summed E-state index contributed by atoms with van der Waals surface area (Å²) < 4.78 is 13.3. The Morgan fingerprint density at radius 1 is 1.24 bits per heavy atom. The minimum Gasteiger partial charge on any atom is -0.480 e. The second-order valence-corrected chi connectivity index (χ2v) is 7.18. The molecule has 2 atom stereocenters. The van der Waals surface area contributed by atoms with Crippen molar-refractivity contribution >= 4 is 34.5 Å². The zero-order chi connectivity index (χ0) is 19.1. The summed E-state index contributed by atoms with van der Waals surface area (Å²) in [7, 11) is 0. The molecular weight excluding hydrogens is 349 g/mol. The molecule has 1 aromatic carbocycles. The third kappa shape index (κ3) is 6.66. The van der Waals surface area contributed by atoms with Gasteiger partial charge in [0.15, 0.2) is 10.9 Å². The lowest BCUT2D eigenvalue weighted by Gasteiger charge is -2.20. The van der Waals surface area contributed by atoms with Gasteiger partial charge in [-0.2, -0.15) is 0 Å². The van der Waals surface area contributed by atoms with E-state index in [1.165, 1.54) is 25.1 Å². The molecule has 1 amide bonds. The summed E-state index contributed by atoms with van der Waals surface area (Å²) in [6.07, 6.45) is -0.379. The van der Waals surface area contributed by atoms with Gasteiger partial charge in [0.2, 0.25) is 5.91 Å². The summed E-state index contributed by atoms with van der Waals surface area (Å²) in [5.74, 6) is -3.36. The molecule has 1 rings (SSSR count). The average Bonchev–Trinajstić information content (AvgIpc) is 2.50. The van der Waals surface area contributed by atoms with Crippen LogP contribution in [0.2, 0.25) is 0 Å². The average molecular weight is 369 g/mol. The van der Waals surface area contributed by atoms with Crippen molar-refractivity contribution in [2.75, 3.05) is 0 Å². The number of carboxylic acids is 1. The highest BCUT2D eigenvalue weighted by atomic mass is 32.2. The van der Waals surface area contributed by atoms with Crippen LogP contribution in [0.5, 0.6) is 0 Å². The predicted molar refractivity (Wildman–Crippen MR) is 91.8 cm³/mol. The Balaban J connectivity index is 2.92. The van der Waals surface area contributed by atoms with Crippen LogP contribution in [0.1, 0.15) is 37.6 Å². The van der Waals surface area contributed by atoms with Gasteiger partial charge >= 0.3 is 5.97 Å². The fourth-order valence-electron chi connectivity index (χ4n) is 2.13. The number of carbonyl (C=O) groups excluding carboxylic acids is 3. The lowest BCUT2D eigenvalue weighted by atomic mass is 10.0. The molecule has 0 saturated carbocycles. The molecule has 6 nitrogen and oxygen atoms in total. The number of halogens is 1. The number of hydrogen-bond donors (Lipinski definition) is 2. The van der Waals surface area contributed by atoms with Crippen LogP contribution in [0.25, 0.3) is 0 Å². The van der Waals surface area contributed by atoms with Crippen molar-refractivity contribution in [1.82, 2.24) is 5.32 Å². The highest BCUT2D eigenvalue weighted by Crippen LogP contribution is 2.21. The van der Waals surface area contributed by atoms with E-state index in [-0.39, 0.29) is 23.0 Å². The summed E-state index contributed by atoms with van der Waals surface area (Å²) >= 11 is 0.661. The van der Waals surface area contributed by atoms with Crippen molar-refractivity contribution in [3.63, 3.8) is 0 Å². The van der Waals surface area contributed by atoms with Gasteiger partial charge in [0.25, 0.3) is 0 Å². The molecule has 0 radical (unpaired) electrons. The Morgan fingerprint density at radius 2 is 1.88 bits per heavy atom. The van der Waals surface area contributed by atoms with Crippen molar-refractivity contribution in [2.24, 2.45) is 5.92 Å². The quantitative estimate of drug-likeness (QED) is 0.682. The first-order valence-electron chi connectivity index (χ1n) is 7.61. The van der Waals surface area contributed by atoms with Gasteiger partial charge in [-0.1, -0.05) is 37.7 Å². The number of ketones is 1. The SMILES string of the molecule is CC(=O)SC(CC(=O)N[C@H](C(=O)O)C(C)C)C(=O)c1cccc(F)c1. The second kappa shape index (κ2) is 9.31. The first-order chi connectivity index (χ1) is 11.6. The molecule has 0 aliphatic heterocycles. The molecule has 2 N–H and O–H groups in total. The second-order valence-electron chi connectivity index (χ2n) is 5.80. The summed E-state index contributed by atoms with van der Waals surface area (Å²) in [5, 5.41) is 10.0. The highest BCUT2D eigenvalue weighted by Gasteiger charge is 2.29. The number of rotatable bonds is 8. The molecule has 0 aromatic heterocycles. The van der Waals surface area contributed by atoms with Crippen molar-refractivity contribution < 1.29 is 28.7 Å². The van der Waals surface area contributed by atoms with Crippen LogP contribution in [-0.4, -0.2) is 39.2 Å². The van der Waals surface area contributed by atoms with E-state index in [0.29, 0.717) is 11.8 Å². The molecule has 1 unspecified atom stereocenters. The van der Waals surface area contributed by atoms with Crippen molar-refractivity contribution in [2.45, 2.75) is 38.5 Å². The maximum absolute atomic E-state index is 13.3. The maximum atomic E-state index is 13.3. The van der Waals surface area contributed by atoms with Crippen LogP contribution in [-0.2, 0) is 14.4 Å². The van der Waals surface area contributed by atoms with Crippen LogP contribution < -0.4 is 5.32 Å². The Labute approximate surface area is 149 Å². The van der Waals surface area contributed by atoms with Gasteiger partial charge in [-0.05, 0) is 18.1 Å². The number of nitrogens with one attached hydrogen (secondary N) is 1. The van der Waals surface area contributed by atoms with E-state index in [1.807, 2.05) is 0 Å². The number of Topliss-reactive ketones (excluding diaryl/α,β-unsaturated/α-hetero) is 1. The van der Waals surface area contributed by atoms with Gasteiger partial charge in [0.1, 0.15) is 11.9 Å². The summed E-state index contributed by atoms with van der Waals surface area (Å²) in [4.78, 5) is 47.2. The molecule has 0 aliphatic carbocycles. The topological polar surface area (TPSA) is 101 Å². The number of thioether (sulfide) groups is 1. The molecule has 136 valence electrons. The van der Waals surface area contributed by atoms with Crippen LogP contribution >= 0.6 is 11.8 Å². The van der Waals surface area contributed by atoms with Gasteiger partial charge in [-0.3, -0.25) is 14.4 Å². The monoisotopic (exact) mass is 369 g/mol. The van der Waals surface area contributed by atoms with Crippen LogP contribution in [0.4, 0.5) is 4.39 Å². The standard InChI is InChI=1S/C17H20FNO5S/c1-9(2)15(17(23)24)19-14(21)8-13(25-10(3)20)16(22)11-5-4-6-12(18)7-11/h4-7,9,13,15H,8H2,1-3H3,(H,19,21)(H,23,24)/t13?,15-/m0/s1. The number of carbonyl (C=O) groups is 4. The summed E-state index contributed by atoms with van der Waals surface area (Å²) in [6, 6.07) is 3.86. The number of hydrogen-bond acceptors (Lipinski definition) is 5. The first kappa shape index (κ1) is 20.8. The van der Waals surface area contributed by atoms with Crippen molar-refractivity contribution in [3.8, 4) is 0 Å². The van der Waals surface area contributed by atoms with Gasteiger partial charge in [-0.15, -0.1) is 0 Å². The third-order valence-corrected chi connectivity index (χ3v) is 4.33. The first-order valence-corrected chi connectivity index (χ1v) is 8.49. The summed E-state index contributed by atoms with van der Waals surface area (Å²) in [6.45, 7) is 4.53. The minimum atomic E-state index is -1.18. The van der Waals surface area contributed by atoms with Gasteiger partial charge in [0.05, 0.1) is 5.25 Å². The largest absolute Gasteiger partial charge is 0.480 e. The van der Waals surface area contributed by atoms with Crippen molar-refractivity contribution in [3.05, 3.63) is 35.6 Å².